The zero-order valence-electron chi connectivity index (χ0n) is 25.2. The van der Waals surface area contributed by atoms with Crippen molar-refractivity contribution in [3.8, 4) is 22.8 Å². The summed E-state index contributed by atoms with van der Waals surface area (Å²) in [5.41, 5.74) is 5.71. The lowest BCUT2D eigenvalue weighted by atomic mass is 9.95. The lowest BCUT2D eigenvalue weighted by Crippen LogP contribution is -2.42. The van der Waals surface area contributed by atoms with E-state index in [4.69, 9.17) is 0 Å². The maximum atomic E-state index is 12.8. The van der Waals surface area contributed by atoms with Crippen LogP contribution in [0.1, 0.15) is 49.8 Å². The monoisotopic (exact) mass is 634 g/mol. The fourth-order valence-electron chi connectivity index (χ4n) is 5.15. The van der Waals surface area contributed by atoms with Gasteiger partial charge in [-0.1, -0.05) is 62.0 Å². The van der Waals surface area contributed by atoms with Crippen LogP contribution in [0.5, 0.6) is 5.75 Å². The first-order valence-electron chi connectivity index (χ1n) is 14.4. The number of ether oxygens (including phenoxy) is 1. The Labute approximate surface area is 264 Å². The molecule has 0 saturated carbocycles. The molecule has 2 amide bonds. The van der Waals surface area contributed by atoms with Crippen LogP contribution in [-0.4, -0.2) is 44.1 Å². The summed E-state index contributed by atoms with van der Waals surface area (Å²) in [4.78, 5) is 23.8. The van der Waals surface area contributed by atoms with Gasteiger partial charge in [0.05, 0.1) is 5.69 Å². The van der Waals surface area contributed by atoms with Crippen molar-refractivity contribution in [3.05, 3.63) is 95.9 Å². The first-order chi connectivity index (χ1) is 21.5. The second-order valence-electron chi connectivity index (χ2n) is 10.9. The number of nitrogens with zero attached hydrogens (tertiary/aromatic N) is 5. The molecule has 1 N–H and O–H groups in total. The Bertz CT molecular complexity index is 1700. The molecule has 0 aliphatic carbocycles. The highest BCUT2D eigenvalue weighted by molar-refractivity contribution is 8.14. The number of hydrogen-bond donors (Lipinski definition) is 1. The molecule has 1 aliphatic heterocycles. The van der Waals surface area contributed by atoms with E-state index in [2.05, 4.69) is 75.9 Å². The molecule has 1 saturated heterocycles. The van der Waals surface area contributed by atoms with Crippen molar-refractivity contribution >= 4 is 34.7 Å². The van der Waals surface area contributed by atoms with Crippen LogP contribution in [0, 0.1) is 6.92 Å². The van der Waals surface area contributed by atoms with Gasteiger partial charge >= 0.3 is 12.4 Å². The molecule has 12 heteroatoms. The molecule has 4 aromatic rings. The number of amides is 2. The van der Waals surface area contributed by atoms with Crippen molar-refractivity contribution in [2.24, 2.45) is 4.99 Å². The van der Waals surface area contributed by atoms with Gasteiger partial charge in [-0.25, -0.2) is 14.5 Å². The Kier molecular flexibility index (Phi) is 9.62. The molecular weight excluding hydrogens is 601 g/mol. The lowest BCUT2D eigenvalue weighted by molar-refractivity contribution is -0.274. The van der Waals surface area contributed by atoms with Gasteiger partial charge in [-0.2, -0.15) is 4.99 Å². The van der Waals surface area contributed by atoms with Gasteiger partial charge in [0.1, 0.15) is 12.1 Å². The number of hydrogen-bond acceptors (Lipinski definition) is 5. The minimum Gasteiger partial charge on any atom is -0.406 e. The number of aliphatic imine (C=N–C) groups is 1. The van der Waals surface area contributed by atoms with E-state index in [-0.39, 0.29) is 11.8 Å². The van der Waals surface area contributed by atoms with E-state index in [1.54, 1.807) is 24.0 Å². The van der Waals surface area contributed by atoms with Crippen LogP contribution in [0.2, 0.25) is 0 Å². The topological polar surface area (TPSA) is 84.6 Å². The van der Waals surface area contributed by atoms with Crippen molar-refractivity contribution in [1.29, 1.82) is 0 Å². The minimum absolute atomic E-state index is 0.213. The molecule has 8 nitrogen and oxygen atoms in total. The van der Waals surface area contributed by atoms with Crippen LogP contribution in [0.4, 0.5) is 23.7 Å². The third-order valence-corrected chi connectivity index (χ3v) is 8.21. The van der Waals surface area contributed by atoms with Crippen LogP contribution in [-0.2, 0) is 0 Å². The second kappa shape index (κ2) is 13.6. The molecule has 1 aliphatic rings. The SMILES string of the molecule is Cc1cccc(N2/C(=N/C(=O)N/C=C/c3ccc(-c4ncn(-c5ccc(OC(F)(F)F)cc5)n4)cc3)SCCC2C)c1C(C)C. The number of thioether (sulfide) groups is 1. The molecule has 45 heavy (non-hydrogen) atoms. The van der Waals surface area contributed by atoms with Crippen molar-refractivity contribution < 1.29 is 22.7 Å². The van der Waals surface area contributed by atoms with Gasteiger partial charge in [0.15, 0.2) is 11.0 Å². The van der Waals surface area contributed by atoms with Crippen LogP contribution in [0.3, 0.4) is 0 Å². The molecule has 3 aromatic carbocycles. The number of amidine groups is 1. The Morgan fingerprint density at radius 1 is 1.11 bits per heavy atom. The van der Waals surface area contributed by atoms with Crippen LogP contribution in [0.15, 0.2) is 84.2 Å². The first-order valence-corrected chi connectivity index (χ1v) is 15.4. The zero-order valence-corrected chi connectivity index (χ0v) is 26.1. The highest BCUT2D eigenvalue weighted by Crippen LogP contribution is 2.36. The molecule has 0 bridgehead atoms. The summed E-state index contributed by atoms with van der Waals surface area (Å²) in [7, 11) is 0. The standard InChI is InChI=1S/C33H33F3N6O2S/c1-21(2)29-22(3)6-5-7-28(29)42-23(4)17-19-45-32(42)39-31(43)37-18-16-24-8-10-25(11-9-24)30-38-20-41(40-30)26-12-14-27(15-13-26)44-33(34,35)36/h5-16,18,20-21,23H,17,19H2,1-4H3,(H,37,43)/b18-16+,39-32-. The molecule has 0 radical (unpaired) electrons. The smallest absolute Gasteiger partial charge is 0.406 e. The minimum atomic E-state index is -4.75. The zero-order chi connectivity index (χ0) is 32.1. The summed E-state index contributed by atoms with van der Waals surface area (Å²) >= 11 is 1.59. The number of nitrogens with one attached hydrogen (secondary N) is 1. The van der Waals surface area contributed by atoms with E-state index in [1.165, 1.54) is 46.4 Å². The second-order valence-corrected chi connectivity index (χ2v) is 11.9. The van der Waals surface area contributed by atoms with Gasteiger partial charge in [0, 0.05) is 29.2 Å². The third kappa shape index (κ3) is 7.93. The molecule has 1 unspecified atom stereocenters. The molecule has 1 atom stereocenters. The highest BCUT2D eigenvalue weighted by Gasteiger charge is 2.31. The Balaban J connectivity index is 1.23. The van der Waals surface area contributed by atoms with Crippen molar-refractivity contribution in [3.63, 3.8) is 0 Å². The van der Waals surface area contributed by atoms with E-state index in [1.807, 2.05) is 24.3 Å². The molecule has 0 spiro atoms. The van der Waals surface area contributed by atoms with Crippen molar-refractivity contribution in [1.82, 2.24) is 20.1 Å². The maximum absolute atomic E-state index is 12.8. The molecule has 1 aromatic heterocycles. The fraction of sp³-hybridized carbons (Fsp3) is 0.273. The number of benzene rings is 3. The Morgan fingerprint density at radius 3 is 2.53 bits per heavy atom. The first kappa shape index (κ1) is 31.8. The number of anilines is 1. The number of halogens is 3. The van der Waals surface area contributed by atoms with Crippen LogP contribution < -0.4 is 15.0 Å². The highest BCUT2D eigenvalue weighted by atomic mass is 32.2. The largest absolute Gasteiger partial charge is 0.573 e. The Hall–Kier alpha value is -4.58. The summed E-state index contributed by atoms with van der Waals surface area (Å²) in [6.07, 6.45) is 1.06. The average molecular weight is 635 g/mol. The normalized spacial score (nSPS) is 16.5. The van der Waals surface area contributed by atoms with E-state index < -0.39 is 12.4 Å². The van der Waals surface area contributed by atoms with Crippen molar-refractivity contribution in [2.45, 2.75) is 52.4 Å². The van der Waals surface area contributed by atoms with Gasteiger partial charge in [0.25, 0.3) is 0 Å². The van der Waals surface area contributed by atoms with Crippen molar-refractivity contribution in [2.75, 3.05) is 10.7 Å². The predicted molar refractivity (Wildman–Crippen MR) is 173 cm³/mol. The number of urea groups is 1. The van der Waals surface area contributed by atoms with E-state index in [0.717, 1.165) is 29.0 Å². The van der Waals surface area contributed by atoms with Gasteiger partial charge in [0.2, 0.25) is 0 Å². The third-order valence-electron chi connectivity index (χ3n) is 7.23. The molecular formula is C33H33F3N6O2S. The van der Waals surface area contributed by atoms with E-state index in [9.17, 15) is 18.0 Å². The van der Waals surface area contributed by atoms with Crippen LogP contribution >= 0.6 is 11.8 Å². The summed E-state index contributed by atoms with van der Waals surface area (Å²) < 4.78 is 42.6. The molecule has 5 rings (SSSR count). The number of alkyl halides is 3. The summed E-state index contributed by atoms with van der Waals surface area (Å²) in [5, 5.41) is 7.87. The van der Waals surface area contributed by atoms with Gasteiger partial charge < -0.3 is 15.0 Å². The number of rotatable bonds is 7. The van der Waals surface area contributed by atoms with Gasteiger partial charge in [-0.15, -0.1) is 18.3 Å². The van der Waals surface area contributed by atoms with E-state index >= 15 is 0 Å². The summed E-state index contributed by atoms with van der Waals surface area (Å²) in [5.74, 6) is 1.36. The number of carbonyl (C=O) groups excluding carboxylic acids is 1. The summed E-state index contributed by atoms with van der Waals surface area (Å²) in [6, 6.07) is 18.8. The van der Waals surface area contributed by atoms with Gasteiger partial charge in [-0.3, -0.25) is 0 Å². The van der Waals surface area contributed by atoms with Crippen LogP contribution in [0.25, 0.3) is 23.2 Å². The number of carbonyl (C=O) groups is 1. The fourth-order valence-corrected chi connectivity index (χ4v) is 6.36. The Morgan fingerprint density at radius 2 is 1.84 bits per heavy atom. The lowest BCUT2D eigenvalue weighted by Gasteiger charge is -2.37. The van der Waals surface area contributed by atoms with E-state index in [0.29, 0.717) is 22.6 Å². The number of aromatic nitrogens is 3. The maximum Gasteiger partial charge on any atom is 0.573 e. The number of aryl methyl sites for hydroxylation is 1. The quantitative estimate of drug-likeness (QED) is 0.220. The molecule has 1 fully saturated rings. The molecule has 2 heterocycles. The van der Waals surface area contributed by atoms with Gasteiger partial charge in [-0.05, 0) is 79.3 Å². The molecule has 234 valence electrons. The average Bonchev–Trinajstić information content (AvgIpc) is 3.47. The summed E-state index contributed by atoms with van der Waals surface area (Å²) in [6.45, 7) is 8.64. The predicted octanol–water partition coefficient (Wildman–Crippen LogP) is 8.33.